The van der Waals surface area contributed by atoms with Crippen molar-refractivity contribution >= 4 is 27.6 Å². The molecule has 5 nitrogen and oxygen atoms in total. The first-order chi connectivity index (χ1) is 8.72. The minimum absolute atomic E-state index is 0.183. The molecule has 19 heavy (non-hydrogen) atoms. The van der Waals surface area contributed by atoms with E-state index in [1.54, 1.807) is 0 Å². The van der Waals surface area contributed by atoms with Gasteiger partial charge in [-0.3, -0.25) is 0 Å². The van der Waals surface area contributed by atoms with Crippen molar-refractivity contribution in [3.05, 3.63) is 28.5 Å². The van der Waals surface area contributed by atoms with E-state index < -0.39 is 37.3 Å². The topological polar surface area (TPSA) is 83.5 Å². The Labute approximate surface area is 114 Å². The van der Waals surface area contributed by atoms with Gasteiger partial charge < -0.3 is 5.11 Å². The largest absolute Gasteiger partial charge is 0.478 e. The van der Waals surface area contributed by atoms with Crippen LogP contribution in [0.2, 0.25) is 5.02 Å². The average Bonchev–Trinajstić information content (AvgIpc) is 2.96. The van der Waals surface area contributed by atoms with E-state index >= 15 is 0 Å². The van der Waals surface area contributed by atoms with Crippen molar-refractivity contribution in [2.45, 2.75) is 24.3 Å². The predicted octanol–water partition coefficient (Wildman–Crippen LogP) is 1.86. The second kappa shape index (κ2) is 4.73. The monoisotopic (exact) mass is 307 g/mol. The molecule has 2 rings (SSSR count). The zero-order valence-electron chi connectivity index (χ0n) is 9.85. The fraction of sp³-hybridized carbons (Fsp3) is 0.364. The van der Waals surface area contributed by atoms with Crippen LogP contribution in [0.25, 0.3) is 0 Å². The SMILES string of the molecule is CC1CC1NS(=O)(=O)c1cc(F)c(Cl)c(C(=O)O)c1. The Hall–Kier alpha value is -1.18. The summed E-state index contributed by atoms with van der Waals surface area (Å²) in [6.45, 7) is 1.87. The maximum absolute atomic E-state index is 13.5. The van der Waals surface area contributed by atoms with Crippen LogP contribution in [0.1, 0.15) is 23.7 Å². The summed E-state index contributed by atoms with van der Waals surface area (Å²) in [7, 11) is -3.94. The summed E-state index contributed by atoms with van der Waals surface area (Å²) < 4.78 is 39.8. The number of nitrogens with one attached hydrogen (secondary N) is 1. The minimum Gasteiger partial charge on any atom is -0.478 e. The second-order valence-electron chi connectivity index (χ2n) is 4.51. The number of halogens is 2. The molecule has 0 aliphatic heterocycles. The molecule has 0 bridgehead atoms. The number of carboxylic acid groups (broad SMARTS) is 1. The molecule has 1 saturated carbocycles. The molecule has 0 radical (unpaired) electrons. The number of hydrogen-bond acceptors (Lipinski definition) is 3. The summed E-state index contributed by atoms with van der Waals surface area (Å²) in [5.41, 5.74) is -0.578. The van der Waals surface area contributed by atoms with Gasteiger partial charge in [0.1, 0.15) is 5.82 Å². The summed E-state index contributed by atoms with van der Waals surface area (Å²) in [5, 5.41) is 8.24. The Morgan fingerprint density at radius 2 is 2.11 bits per heavy atom. The zero-order valence-corrected chi connectivity index (χ0v) is 11.4. The van der Waals surface area contributed by atoms with Crippen LogP contribution in [0.15, 0.2) is 17.0 Å². The van der Waals surface area contributed by atoms with Gasteiger partial charge in [0.05, 0.1) is 15.5 Å². The lowest BCUT2D eigenvalue weighted by atomic mass is 10.2. The van der Waals surface area contributed by atoms with E-state index in [9.17, 15) is 17.6 Å². The number of hydrogen-bond donors (Lipinski definition) is 2. The Morgan fingerprint density at radius 3 is 2.58 bits per heavy atom. The molecule has 1 aliphatic rings. The lowest BCUT2D eigenvalue weighted by molar-refractivity contribution is 0.0696. The summed E-state index contributed by atoms with van der Waals surface area (Å²) in [6.07, 6.45) is 0.709. The predicted molar refractivity (Wildman–Crippen MR) is 66.3 cm³/mol. The number of rotatable bonds is 4. The van der Waals surface area contributed by atoms with Crippen molar-refractivity contribution in [3.63, 3.8) is 0 Å². The van der Waals surface area contributed by atoms with Crippen molar-refractivity contribution < 1.29 is 22.7 Å². The summed E-state index contributed by atoms with van der Waals surface area (Å²) >= 11 is 5.48. The highest BCUT2D eigenvalue weighted by molar-refractivity contribution is 7.89. The van der Waals surface area contributed by atoms with E-state index in [0.717, 1.165) is 6.07 Å². The lowest BCUT2D eigenvalue weighted by Crippen LogP contribution is -2.27. The van der Waals surface area contributed by atoms with Gasteiger partial charge in [-0.2, -0.15) is 0 Å². The zero-order chi connectivity index (χ0) is 14.4. The molecule has 2 atom stereocenters. The van der Waals surface area contributed by atoms with Gasteiger partial charge in [0, 0.05) is 6.04 Å². The maximum Gasteiger partial charge on any atom is 0.337 e. The molecular weight excluding hydrogens is 297 g/mol. The number of aromatic carboxylic acids is 1. The quantitative estimate of drug-likeness (QED) is 0.889. The van der Waals surface area contributed by atoms with E-state index in [0.29, 0.717) is 12.5 Å². The van der Waals surface area contributed by atoms with Gasteiger partial charge in [0.2, 0.25) is 10.0 Å². The fourth-order valence-electron chi connectivity index (χ4n) is 1.63. The van der Waals surface area contributed by atoms with Crippen molar-refractivity contribution in [3.8, 4) is 0 Å². The fourth-order valence-corrected chi connectivity index (χ4v) is 3.21. The standard InChI is InChI=1S/C11H11ClFNO4S/c1-5-2-9(5)14-19(17,18)6-3-7(11(15)16)10(12)8(13)4-6/h3-5,9,14H,2H2,1H3,(H,15,16). The molecule has 0 spiro atoms. The number of carbonyl (C=O) groups is 1. The molecule has 2 N–H and O–H groups in total. The van der Waals surface area contributed by atoms with Crippen LogP contribution in [0.5, 0.6) is 0 Å². The van der Waals surface area contributed by atoms with E-state index in [2.05, 4.69) is 4.72 Å². The third kappa shape index (κ3) is 2.88. The molecule has 0 heterocycles. The summed E-state index contributed by atoms with van der Waals surface area (Å²) in [4.78, 5) is 10.4. The van der Waals surface area contributed by atoms with E-state index in [-0.39, 0.29) is 12.0 Å². The molecule has 2 unspecified atom stereocenters. The van der Waals surface area contributed by atoms with Crippen LogP contribution >= 0.6 is 11.6 Å². The Morgan fingerprint density at radius 1 is 1.53 bits per heavy atom. The highest BCUT2D eigenvalue weighted by Gasteiger charge is 2.36. The van der Waals surface area contributed by atoms with Crippen LogP contribution in [-0.4, -0.2) is 25.5 Å². The third-order valence-corrected chi connectivity index (χ3v) is 4.81. The van der Waals surface area contributed by atoms with Crippen LogP contribution in [0.4, 0.5) is 4.39 Å². The molecule has 1 fully saturated rings. The van der Waals surface area contributed by atoms with Gasteiger partial charge >= 0.3 is 5.97 Å². The smallest absolute Gasteiger partial charge is 0.337 e. The van der Waals surface area contributed by atoms with Gasteiger partial charge in [0.25, 0.3) is 0 Å². The highest BCUT2D eigenvalue weighted by Crippen LogP contribution is 2.31. The van der Waals surface area contributed by atoms with Crippen molar-refractivity contribution in [1.82, 2.24) is 4.72 Å². The van der Waals surface area contributed by atoms with Gasteiger partial charge in [-0.1, -0.05) is 18.5 Å². The molecule has 0 amide bonds. The summed E-state index contributed by atoms with van der Waals surface area (Å²) in [6, 6.07) is 1.38. The number of carboxylic acids is 1. The van der Waals surface area contributed by atoms with Gasteiger partial charge in [-0.05, 0) is 24.5 Å². The van der Waals surface area contributed by atoms with E-state index in [1.165, 1.54) is 0 Å². The molecule has 1 aliphatic carbocycles. The van der Waals surface area contributed by atoms with Crippen LogP contribution in [0, 0.1) is 11.7 Å². The van der Waals surface area contributed by atoms with Crippen LogP contribution in [0.3, 0.4) is 0 Å². The van der Waals surface area contributed by atoms with E-state index in [4.69, 9.17) is 16.7 Å². The van der Waals surface area contributed by atoms with Gasteiger partial charge in [0.15, 0.2) is 0 Å². The van der Waals surface area contributed by atoms with Crippen molar-refractivity contribution in [2.75, 3.05) is 0 Å². The highest BCUT2D eigenvalue weighted by atomic mass is 35.5. The average molecular weight is 308 g/mol. The Kier molecular flexibility index (Phi) is 3.55. The number of benzene rings is 1. The lowest BCUT2D eigenvalue weighted by Gasteiger charge is -2.08. The molecule has 1 aromatic carbocycles. The Balaban J connectivity index is 2.42. The number of sulfonamides is 1. The summed E-state index contributed by atoms with van der Waals surface area (Å²) in [5.74, 6) is -2.34. The van der Waals surface area contributed by atoms with Gasteiger partial charge in [-0.15, -0.1) is 0 Å². The molecule has 8 heteroatoms. The van der Waals surface area contributed by atoms with Crippen LogP contribution < -0.4 is 4.72 Å². The first kappa shape index (κ1) is 14.2. The minimum atomic E-state index is -3.94. The molecule has 0 aromatic heterocycles. The first-order valence-corrected chi connectivity index (χ1v) is 7.33. The molecular formula is C11H11ClFNO4S. The molecule has 104 valence electrons. The van der Waals surface area contributed by atoms with E-state index in [1.807, 2.05) is 6.92 Å². The Bertz CT molecular complexity index is 646. The third-order valence-electron chi connectivity index (χ3n) is 2.96. The normalized spacial score (nSPS) is 22.3. The second-order valence-corrected chi connectivity index (χ2v) is 6.60. The maximum atomic E-state index is 13.5. The molecule has 1 aromatic rings. The van der Waals surface area contributed by atoms with Crippen molar-refractivity contribution in [1.29, 1.82) is 0 Å². The molecule has 0 saturated heterocycles. The van der Waals surface area contributed by atoms with Crippen molar-refractivity contribution in [2.24, 2.45) is 5.92 Å². The van der Waals surface area contributed by atoms with Gasteiger partial charge in [-0.25, -0.2) is 22.3 Å². The first-order valence-electron chi connectivity index (χ1n) is 5.47. The van der Waals surface area contributed by atoms with Crippen LogP contribution in [-0.2, 0) is 10.0 Å².